The predicted octanol–water partition coefficient (Wildman–Crippen LogP) is 2.51. The predicted molar refractivity (Wildman–Crippen MR) is 92.4 cm³/mol. The van der Waals surface area contributed by atoms with Gasteiger partial charge >= 0.3 is 0 Å². The van der Waals surface area contributed by atoms with E-state index in [1.807, 2.05) is 29.2 Å². The number of aromatic nitrogens is 2. The first kappa shape index (κ1) is 15.6. The van der Waals surface area contributed by atoms with E-state index >= 15 is 0 Å². The Balaban J connectivity index is 1.50. The molecule has 1 aromatic carbocycles. The van der Waals surface area contributed by atoms with Crippen LogP contribution in [-0.2, 0) is 11.2 Å². The number of nitrogens with one attached hydrogen (secondary N) is 1. The van der Waals surface area contributed by atoms with E-state index in [0.29, 0.717) is 18.9 Å². The zero-order chi connectivity index (χ0) is 16.7. The summed E-state index contributed by atoms with van der Waals surface area (Å²) >= 11 is 0. The van der Waals surface area contributed by atoms with Gasteiger partial charge in [0.15, 0.2) is 0 Å². The van der Waals surface area contributed by atoms with Crippen LogP contribution in [-0.4, -0.2) is 44.8 Å². The first-order valence-electron chi connectivity index (χ1n) is 9.03. The molecule has 1 aliphatic heterocycles. The van der Waals surface area contributed by atoms with Gasteiger partial charge in [0.2, 0.25) is 5.91 Å². The van der Waals surface area contributed by atoms with E-state index in [-0.39, 0.29) is 11.8 Å². The summed E-state index contributed by atoms with van der Waals surface area (Å²) in [6, 6.07) is 7.87. The number of H-pyrrole nitrogens is 1. The topological polar surface area (TPSA) is 69.2 Å². The Morgan fingerprint density at radius 1 is 1.42 bits per heavy atom. The second-order valence-corrected chi connectivity index (χ2v) is 7.41. The molecular weight excluding hydrogens is 302 g/mol. The molecule has 0 radical (unpaired) electrons. The van der Waals surface area contributed by atoms with Crippen molar-refractivity contribution in [2.45, 2.75) is 44.6 Å². The normalized spacial score (nSPS) is 29.8. The smallest absolute Gasteiger partial charge is 0.228 e. The number of nitrogens with zero attached hydrogens (tertiary/aromatic N) is 2. The summed E-state index contributed by atoms with van der Waals surface area (Å²) in [7, 11) is 0. The molecule has 5 nitrogen and oxygen atoms in total. The first-order valence-corrected chi connectivity index (χ1v) is 9.03. The summed E-state index contributed by atoms with van der Waals surface area (Å²) in [6.07, 6.45) is 4.20. The van der Waals surface area contributed by atoms with Gasteiger partial charge in [-0.15, -0.1) is 0 Å². The van der Waals surface area contributed by atoms with Crippen LogP contribution in [0.15, 0.2) is 24.3 Å². The molecule has 2 heterocycles. The second-order valence-electron chi connectivity index (χ2n) is 7.41. The van der Waals surface area contributed by atoms with Gasteiger partial charge in [-0.3, -0.25) is 9.89 Å². The first-order chi connectivity index (χ1) is 11.6. The molecule has 24 heavy (non-hydrogen) atoms. The van der Waals surface area contributed by atoms with Gasteiger partial charge in [0.1, 0.15) is 0 Å². The third kappa shape index (κ3) is 2.51. The average molecular weight is 327 g/mol. The molecule has 0 spiro atoms. The van der Waals surface area contributed by atoms with Crippen molar-refractivity contribution in [3.63, 3.8) is 0 Å². The van der Waals surface area contributed by atoms with Crippen molar-refractivity contribution < 1.29 is 9.90 Å². The highest BCUT2D eigenvalue weighted by Gasteiger charge is 2.48. The number of fused-ring (bicyclic) bond motifs is 2. The summed E-state index contributed by atoms with van der Waals surface area (Å²) in [5.41, 5.74) is 1.20. The summed E-state index contributed by atoms with van der Waals surface area (Å²) < 4.78 is 0. The van der Waals surface area contributed by atoms with Crippen molar-refractivity contribution in [1.29, 1.82) is 0 Å². The molecule has 0 unspecified atom stereocenters. The van der Waals surface area contributed by atoms with E-state index in [2.05, 4.69) is 17.1 Å². The van der Waals surface area contributed by atoms with E-state index in [9.17, 15) is 9.90 Å². The van der Waals surface area contributed by atoms with Gasteiger partial charge in [-0.05, 0) is 31.2 Å². The van der Waals surface area contributed by atoms with E-state index in [1.165, 1.54) is 0 Å². The van der Waals surface area contributed by atoms with Crippen molar-refractivity contribution in [2.24, 2.45) is 11.8 Å². The number of aromatic amines is 1. The van der Waals surface area contributed by atoms with E-state index in [1.54, 1.807) is 0 Å². The molecule has 128 valence electrons. The summed E-state index contributed by atoms with van der Waals surface area (Å²) in [5, 5.41) is 19.2. The average Bonchev–Trinajstić information content (AvgIpc) is 3.21. The van der Waals surface area contributed by atoms with Crippen molar-refractivity contribution in [2.75, 3.05) is 13.1 Å². The fraction of sp³-hybridized carbons (Fsp3) is 0.579. The lowest BCUT2D eigenvalue weighted by molar-refractivity contribution is -0.130. The number of carbonyl (C=O) groups excluding carboxylic acids is 1. The molecule has 1 aromatic heterocycles. The number of hydrogen-bond donors (Lipinski definition) is 2. The fourth-order valence-corrected chi connectivity index (χ4v) is 4.68. The van der Waals surface area contributed by atoms with Crippen molar-refractivity contribution >= 4 is 16.8 Å². The molecule has 1 amide bonds. The van der Waals surface area contributed by atoms with E-state index in [4.69, 9.17) is 0 Å². The number of carbonyl (C=O) groups is 1. The van der Waals surface area contributed by atoms with Crippen molar-refractivity contribution in [1.82, 2.24) is 15.1 Å². The van der Waals surface area contributed by atoms with Crippen molar-refractivity contribution in [3.8, 4) is 0 Å². The van der Waals surface area contributed by atoms with Crippen LogP contribution < -0.4 is 0 Å². The minimum absolute atomic E-state index is 0.136. The van der Waals surface area contributed by atoms with Gasteiger partial charge in [0.05, 0.1) is 23.2 Å². The second kappa shape index (κ2) is 5.88. The highest BCUT2D eigenvalue weighted by molar-refractivity contribution is 5.87. The molecule has 0 bridgehead atoms. The standard InChI is InChI=1S/C19H25N3O2/c1-2-19(24)9-5-6-13-11-22(12-15(13)19)18(23)10-17-14-7-3-4-8-16(14)20-21-17/h3-4,7-8,13,15,24H,2,5-6,9-12H2,1H3,(H,20,21)/t13-,15+,19-/m0/s1. The maximum atomic E-state index is 12.8. The van der Waals surface area contributed by atoms with Crippen LogP contribution in [0.1, 0.15) is 38.3 Å². The molecule has 1 aliphatic carbocycles. The monoisotopic (exact) mass is 327 g/mol. The van der Waals surface area contributed by atoms with Crippen LogP contribution in [0, 0.1) is 11.8 Å². The quantitative estimate of drug-likeness (QED) is 0.910. The largest absolute Gasteiger partial charge is 0.390 e. The molecule has 2 N–H and O–H groups in total. The van der Waals surface area contributed by atoms with Gasteiger partial charge in [-0.2, -0.15) is 5.10 Å². The Morgan fingerprint density at radius 3 is 3.08 bits per heavy atom. The Hall–Kier alpha value is -1.88. The molecule has 2 aliphatic rings. The minimum atomic E-state index is -0.585. The lowest BCUT2D eigenvalue weighted by Crippen LogP contribution is -2.44. The van der Waals surface area contributed by atoms with Crippen LogP contribution in [0.3, 0.4) is 0 Å². The Kier molecular flexibility index (Phi) is 3.83. The van der Waals surface area contributed by atoms with Crippen LogP contribution in [0.4, 0.5) is 0 Å². The van der Waals surface area contributed by atoms with Gasteiger partial charge < -0.3 is 10.0 Å². The number of para-hydroxylation sites is 1. The maximum absolute atomic E-state index is 12.8. The zero-order valence-electron chi connectivity index (χ0n) is 14.2. The Bertz CT molecular complexity index is 756. The minimum Gasteiger partial charge on any atom is -0.390 e. The van der Waals surface area contributed by atoms with Gasteiger partial charge in [0, 0.05) is 24.4 Å². The lowest BCUT2D eigenvalue weighted by atomic mass is 9.69. The maximum Gasteiger partial charge on any atom is 0.228 e. The highest BCUT2D eigenvalue weighted by atomic mass is 16.3. The highest BCUT2D eigenvalue weighted by Crippen LogP contribution is 2.44. The number of amides is 1. The van der Waals surface area contributed by atoms with Gasteiger partial charge in [-0.1, -0.05) is 31.5 Å². The summed E-state index contributed by atoms with van der Waals surface area (Å²) in [6.45, 7) is 3.54. The van der Waals surface area contributed by atoms with E-state index < -0.39 is 5.60 Å². The van der Waals surface area contributed by atoms with Gasteiger partial charge in [-0.25, -0.2) is 0 Å². The lowest BCUT2D eigenvalue weighted by Gasteiger charge is -2.40. The third-order valence-corrected chi connectivity index (χ3v) is 6.15. The molecule has 4 rings (SSSR count). The fourth-order valence-electron chi connectivity index (χ4n) is 4.68. The van der Waals surface area contributed by atoms with Crippen LogP contribution in [0.5, 0.6) is 0 Å². The van der Waals surface area contributed by atoms with Gasteiger partial charge in [0.25, 0.3) is 0 Å². The summed E-state index contributed by atoms with van der Waals surface area (Å²) in [5.74, 6) is 0.821. The molecule has 1 saturated carbocycles. The number of rotatable bonds is 3. The number of hydrogen-bond acceptors (Lipinski definition) is 3. The molecule has 2 fully saturated rings. The molecular formula is C19H25N3O2. The number of aliphatic hydroxyl groups is 1. The molecule has 3 atom stereocenters. The summed E-state index contributed by atoms with van der Waals surface area (Å²) in [4.78, 5) is 14.8. The van der Waals surface area contributed by atoms with E-state index in [0.717, 1.165) is 48.8 Å². The van der Waals surface area contributed by atoms with Crippen LogP contribution in [0.25, 0.3) is 10.9 Å². The Morgan fingerprint density at radius 2 is 2.25 bits per heavy atom. The molecule has 1 saturated heterocycles. The van der Waals surface area contributed by atoms with Crippen LogP contribution >= 0.6 is 0 Å². The number of likely N-dealkylation sites (tertiary alicyclic amines) is 1. The Labute approximate surface area is 142 Å². The third-order valence-electron chi connectivity index (χ3n) is 6.15. The van der Waals surface area contributed by atoms with Crippen LogP contribution in [0.2, 0.25) is 0 Å². The molecule has 2 aromatic rings. The SMILES string of the molecule is CC[C@]1(O)CCC[C@H]2CN(C(=O)Cc3[nH]nc4ccccc34)C[C@H]21. The number of benzene rings is 1. The van der Waals surface area contributed by atoms with Crippen molar-refractivity contribution in [3.05, 3.63) is 30.0 Å². The zero-order valence-corrected chi connectivity index (χ0v) is 14.2. The molecule has 5 heteroatoms.